The lowest BCUT2D eigenvalue weighted by atomic mass is 9.89. The van der Waals surface area contributed by atoms with Crippen LogP contribution >= 0.6 is 12.6 Å². The average molecular weight is 246 g/mol. The van der Waals surface area contributed by atoms with Gasteiger partial charge < -0.3 is 4.98 Å². The predicted octanol–water partition coefficient (Wildman–Crippen LogP) is 4.04. The molecule has 2 aromatic rings. The van der Waals surface area contributed by atoms with Crippen molar-refractivity contribution in [3.63, 3.8) is 0 Å². The third-order valence-corrected chi connectivity index (χ3v) is 4.10. The molecule has 0 unspecified atom stereocenters. The predicted molar refractivity (Wildman–Crippen MR) is 74.6 cm³/mol. The van der Waals surface area contributed by atoms with Gasteiger partial charge in [0.05, 0.1) is 11.0 Å². The highest BCUT2D eigenvalue weighted by molar-refractivity contribution is 7.79. The van der Waals surface area contributed by atoms with E-state index >= 15 is 0 Å². The maximum Gasteiger partial charge on any atom is 0.110 e. The highest BCUT2D eigenvalue weighted by Crippen LogP contribution is 2.32. The van der Waals surface area contributed by atoms with Gasteiger partial charge >= 0.3 is 0 Å². The summed E-state index contributed by atoms with van der Waals surface area (Å²) in [7, 11) is 0. The van der Waals surface area contributed by atoms with Crippen LogP contribution in [0.2, 0.25) is 0 Å². The number of aromatic amines is 1. The van der Waals surface area contributed by atoms with Crippen LogP contribution in [0.15, 0.2) is 18.2 Å². The molecule has 0 amide bonds. The van der Waals surface area contributed by atoms with E-state index in [0.717, 1.165) is 16.8 Å². The second-order valence-corrected chi connectivity index (χ2v) is 5.28. The topological polar surface area (TPSA) is 28.7 Å². The molecule has 1 aromatic heterocycles. The van der Waals surface area contributed by atoms with E-state index in [9.17, 15) is 0 Å². The first kappa shape index (κ1) is 11.1. The summed E-state index contributed by atoms with van der Waals surface area (Å²) in [6.45, 7) is 0. The van der Waals surface area contributed by atoms with E-state index < -0.39 is 0 Å². The van der Waals surface area contributed by atoms with Crippen molar-refractivity contribution in [3.05, 3.63) is 29.6 Å². The molecule has 0 bridgehead atoms. The van der Waals surface area contributed by atoms with Crippen LogP contribution in [0.1, 0.15) is 49.4 Å². The van der Waals surface area contributed by atoms with Gasteiger partial charge in [-0.3, -0.25) is 0 Å². The third kappa shape index (κ3) is 2.21. The first-order valence-electron chi connectivity index (χ1n) is 6.46. The molecule has 0 radical (unpaired) electrons. The van der Waals surface area contributed by atoms with E-state index in [-0.39, 0.29) is 0 Å². The highest BCUT2D eigenvalue weighted by atomic mass is 32.1. The number of fused-ring (bicyclic) bond motifs is 1. The van der Waals surface area contributed by atoms with Gasteiger partial charge in [-0.2, -0.15) is 12.6 Å². The molecule has 0 atom stereocenters. The van der Waals surface area contributed by atoms with Gasteiger partial charge in [0.1, 0.15) is 5.82 Å². The number of thiol groups is 1. The van der Waals surface area contributed by atoms with Crippen molar-refractivity contribution in [3.8, 4) is 0 Å². The highest BCUT2D eigenvalue weighted by Gasteiger charge is 2.18. The Morgan fingerprint density at radius 2 is 2.06 bits per heavy atom. The minimum Gasteiger partial charge on any atom is -0.342 e. The monoisotopic (exact) mass is 246 g/mol. The molecule has 1 aromatic carbocycles. The van der Waals surface area contributed by atoms with E-state index in [0.29, 0.717) is 5.92 Å². The van der Waals surface area contributed by atoms with E-state index in [1.165, 1.54) is 43.5 Å². The summed E-state index contributed by atoms with van der Waals surface area (Å²) in [4.78, 5) is 8.23. The molecule has 3 heteroatoms. The van der Waals surface area contributed by atoms with Gasteiger partial charge in [0, 0.05) is 11.7 Å². The number of imidazole rings is 1. The molecule has 1 heterocycles. The molecule has 1 N–H and O–H groups in total. The summed E-state index contributed by atoms with van der Waals surface area (Å²) in [5.74, 6) is 2.62. The molecule has 90 valence electrons. The van der Waals surface area contributed by atoms with Gasteiger partial charge in [0.2, 0.25) is 0 Å². The Kier molecular flexibility index (Phi) is 3.10. The molecule has 1 saturated carbocycles. The van der Waals surface area contributed by atoms with Crippen LogP contribution in [-0.4, -0.2) is 9.97 Å². The molecular weight excluding hydrogens is 228 g/mol. The quantitative estimate of drug-likeness (QED) is 0.769. The summed E-state index contributed by atoms with van der Waals surface area (Å²) in [5.41, 5.74) is 3.51. The average Bonchev–Trinajstić information content (AvgIpc) is 2.82. The first-order valence-corrected chi connectivity index (χ1v) is 7.09. The molecule has 3 rings (SSSR count). The van der Waals surface area contributed by atoms with Crippen molar-refractivity contribution >= 4 is 23.7 Å². The molecule has 1 fully saturated rings. The minimum atomic E-state index is 0.649. The van der Waals surface area contributed by atoms with Gasteiger partial charge in [0.25, 0.3) is 0 Å². The molecule has 1 aliphatic carbocycles. The normalized spacial score (nSPS) is 17.7. The molecule has 1 aliphatic rings. The Balaban J connectivity index is 1.95. The van der Waals surface area contributed by atoms with E-state index in [1.807, 2.05) is 0 Å². The maximum absolute atomic E-state index is 4.73. The Labute approximate surface area is 107 Å². The zero-order chi connectivity index (χ0) is 11.7. The first-order chi connectivity index (χ1) is 8.36. The fraction of sp³-hybridized carbons (Fsp3) is 0.500. The van der Waals surface area contributed by atoms with Crippen molar-refractivity contribution in [2.45, 2.75) is 43.8 Å². The number of nitrogens with one attached hydrogen (secondary N) is 1. The van der Waals surface area contributed by atoms with Crippen molar-refractivity contribution < 1.29 is 0 Å². The van der Waals surface area contributed by atoms with Gasteiger partial charge in [-0.25, -0.2) is 4.98 Å². The van der Waals surface area contributed by atoms with Crippen LogP contribution in [0.3, 0.4) is 0 Å². The van der Waals surface area contributed by atoms with Gasteiger partial charge in [0.15, 0.2) is 0 Å². The molecule has 0 saturated heterocycles. The molecule has 0 spiro atoms. The van der Waals surface area contributed by atoms with Crippen molar-refractivity contribution in [1.82, 2.24) is 9.97 Å². The second kappa shape index (κ2) is 4.73. The number of H-pyrrole nitrogens is 1. The smallest absolute Gasteiger partial charge is 0.110 e. The SMILES string of the molecule is SCc1ccc2nc(C3CCCCC3)[nH]c2c1. The fourth-order valence-corrected chi connectivity index (χ4v) is 2.94. The van der Waals surface area contributed by atoms with Gasteiger partial charge in [-0.05, 0) is 30.5 Å². The number of rotatable bonds is 2. The lowest BCUT2D eigenvalue weighted by molar-refractivity contribution is 0.431. The van der Waals surface area contributed by atoms with E-state index in [2.05, 4.69) is 35.8 Å². The molecule has 2 nitrogen and oxygen atoms in total. The van der Waals surface area contributed by atoms with Crippen LogP contribution in [0.5, 0.6) is 0 Å². The standard InChI is InChI=1S/C14H18N2S/c17-9-10-6-7-12-13(8-10)16-14(15-12)11-4-2-1-3-5-11/h6-8,11,17H,1-5,9H2,(H,15,16). The minimum absolute atomic E-state index is 0.649. The number of aromatic nitrogens is 2. The zero-order valence-corrected chi connectivity index (χ0v) is 10.8. The van der Waals surface area contributed by atoms with Crippen LogP contribution < -0.4 is 0 Å². The van der Waals surface area contributed by atoms with Crippen LogP contribution in [0, 0.1) is 0 Å². The Bertz CT molecular complexity index is 512. The van der Waals surface area contributed by atoms with Crippen molar-refractivity contribution in [2.24, 2.45) is 0 Å². The molecular formula is C14H18N2S. The van der Waals surface area contributed by atoms with Crippen molar-refractivity contribution in [2.75, 3.05) is 0 Å². The number of hydrogen-bond acceptors (Lipinski definition) is 2. The summed E-state index contributed by atoms with van der Waals surface area (Å²) in [5, 5.41) is 0. The lowest BCUT2D eigenvalue weighted by Gasteiger charge is -2.18. The molecule has 17 heavy (non-hydrogen) atoms. The second-order valence-electron chi connectivity index (χ2n) is 4.97. The maximum atomic E-state index is 4.73. The van der Waals surface area contributed by atoms with Crippen LogP contribution in [0.4, 0.5) is 0 Å². The Morgan fingerprint density at radius 1 is 1.24 bits per heavy atom. The summed E-state index contributed by atoms with van der Waals surface area (Å²) >= 11 is 4.31. The largest absolute Gasteiger partial charge is 0.342 e. The van der Waals surface area contributed by atoms with Gasteiger partial charge in [-0.1, -0.05) is 25.3 Å². The molecule has 0 aliphatic heterocycles. The number of benzene rings is 1. The van der Waals surface area contributed by atoms with E-state index in [1.54, 1.807) is 0 Å². The Hall–Kier alpha value is -0.960. The summed E-state index contributed by atoms with van der Waals surface area (Å²) in [6.07, 6.45) is 6.67. The third-order valence-electron chi connectivity index (χ3n) is 3.74. The van der Waals surface area contributed by atoms with Gasteiger partial charge in [-0.15, -0.1) is 0 Å². The number of nitrogens with zero attached hydrogens (tertiary/aromatic N) is 1. The summed E-state index contributed by atoms with van der Waals surface area (Å²) < 4.78 is 0. The van der Waals surface area contributed by atoms with Crippen LogP contribution in [0.25, 0.3) is 11.0 Å². The van der Waals surface area contributed by atoms with Crippen LogP contribution in [-0.2, 0) is 5.75 Å². The number of hydrogen-bond donors (Lipinski definition) is 2. The zero-order valence-electron chi connectivity index (χ0n) is 9.95. The Morgan fingerprint density at radius 3 is 2.82 bits per heavy atom. The lowest BCUT2D eigenvalue weighted by Crippen LogP contribution is -2.05. The van der Waals surface area contributed by atoms with Crippen molar-refractivity contribution in [1.29, 1.82) is 0 Å². The fourth-order valence-electron chi connectivity index (χ4n) is 2.74. The summed E-state index contributed by atoms with van der Waals surface area (Å²) in [6, 6.07) is 6.38. The van der Waals surface area contributed by atoms with E-state index in [4.69, 9.17) is 4.98 Å².